The first kappa shape index (κ1) is 11.7. The van der Waals surface area contributed by atoms with Gasteiger partial charge >= 0.3 is 0 Å². The molecule has 1 aromatic carbocycles. The van der Waals surface area contributed by atoms with Crippen LogP contribution in [-0.2, 0) is 9.59 Å². The van der Waals surface area contributed by atoms with Crippen LogP contribution in [0, 0.1) is 0 Å². The number of fused-ring (bicyclic) bond motifs is 1. The highest BCUT2D eigenvalue weighted by molar-refractivity contribution is 6.17. The van der Waals surface area contributed by atoms with E-state index >= 15 is 0 Å². The molecule has 0 aromatic heterocycles. The molecule has 0 radical (unpaired) electrons. The molecule has 0 aliphatic carbocycles. The number of carbonyl (C=O) groups excluding carboxylic acids is 3. The van der Waals surface area contributed by atoms with E-state index in [0.29, 0.717) is 17.9 Å². The normalized spacial score (nSPS) is 17.8. The maximum atomic E-state index is 12.2. The Hall–Kier alpha value is -2.37. The smallest absolute Gasteiger partial charge is 0.267 e. The maximum Gasteiger partial charge on any atom is 0.267 e. The van der Waals surface area contributed by atoms with E-state index in [2.05, 4.69) is 0 Å². The van der Waals surface area contributed by atoms with Gasteiger partial charge in [-0.15, -0.1) is 0 Å². The van der Waals surface area contributed by atoms with Crippen molar-refractivity contribution in [3.8, 4) is 11.5 Å². The lowest BCUT2D eigenvalue weighted by Crippen LogP contribution is -2.44. The maximum absolute atomic E-state index is 12.2. The van der Waals surface area contributed by atoms with Crippen molar-refractivity contribution < 1.29 is 23.9 Å². The number of ether oxygens (including phenoxy) is 2. The summed E-state index contributed by atoms with van der Waals surface area (Å²) < 4.78 is 10.3. The Morgan fingerprint density at radius 1 is 1.05 bits per heavy atom. The number of hydrogen-bond donors (Lipinski definition) is 0. The van der Waals surface area contributed by atoms with E-state index < -0.39 is 17.7 Å². The lowest BCUT2D eigenvalue weighted by Gasteiger charge is -2.22. The molecule has 2 heterocycles. The van der Waals surface area contributed by atoms with Crippen molar-refractivity contribution in [1.82, 2.24) is 4.90 Å². The number of hydrogen-bond acceptors (Lipinski definition) is 5. The fourth-order valence-corrected chi connectivity index (χ4v) is 2.14. The summed E-state index contributed by atoms with van der Waals surface area (Å²) in [4.78, 5) is 36.3. The first-order chi connectivity index (χ1) is 9.16. The molecule has 0 N–H and O–H groups in total. The van der Waals surface area contributed by atoms with Crippen LogP contribution in [0.15, 0.2) is 18.2 Å². The SMILES string of the molecule is O=C1CCCC(=O)N1C(=O)c1ccc2c(c1)OCO2. The van der Waals surface area contributed by atoms with Crippen molar-refractivity contribution in [2.24, 2.45) is 0 Å². The summed E-state index contributed by atoms with van der Waals surface area (Å²) in [5.41, 5.74) is 0.243. The third-order valence-corrected chi connectivity index (χ3v) is 3.10. The molecule has 19 heavy (non-hydrogen) atoms. The van der Waals surface area contributed by atoms with Crippen LogP contribution in [0.4, 0.5) is 0 Å². The minimum absolute atomic E-state index is 0.106. The van der Waals surface area contributed by atoms with Gasteiger partial charge in [0, 0.05) is 18.4 Å². The van der Waals surface area contributed by atoms with Crippen LogP contribution in [0.25, 0.3) is 0 Å². The van der Waals surface area contributed by atoms with Gasteiger partial charge in [-0.3, -0.25) is 14.4 Å². The van der Waals surface area contributed by atoms with Crippen molar-refractivity contribution >= 4 is 17.7 Å². The van der Waals surface area contributed by atoms with Gasteiger partial charge in [0.1, 0.15) is 0 Å². The van der Waals surface area contributed by atoms with Gasteiger partial charge in [-0.2, -0.15) is 0 Å². The van der Waals surface area contributed by atoms with E-state index in [0.717, 1.165) is 4.90 Å². The summed E-state index contributed by atoms with van der Waals surface area (Å²) in [5, 5.41) is 0. The molecule has 0 saturated carbocycles. The lowest BCUT2D eigenvalue weighted by atomic mass is 10.1. The molecule has 6 nitrogen and oxygen atoms in total. The molecule has 1 aromatic rings. The highest BCUT2D eigenvalue weighted by Crippen LogP contribution is 2.33. The first-order valence-corrected chi connectivity index (χ1v) is 5.96. The Morgan fingerprint density at radius 3 is 2.47 bits per heavy atom. The van der Waals surface area contributed by atoms with Crippen molar-refractivity contribution in [1.29, 1.82) is 0 Å². The third-order valence-electron chi connectivity index (χ3n) is 3.10. The monoisotopic (exact) mass is 261 g/mol. The van der Waals surface area contributed by atoms with Gasteiger partial charge < -0.3 is 9.47 Å². The van der Waals surface area contributed by atoms with E-state index in [4.69, 9.17) is 9.47 Å². The van der Waals surface area contributed by atoms with E-state index in [1.807, 2.05) is 0 Å². The number of carbonyl (C=O) groups is 3. The van der Waals surface area contributed by atoms with Gasteiger partial charge in [0.2, 0.25) is 18.6 Å². The molecule has 0 bridgehead atoms. The van der Waals surface area contributed by atoms with Crippen LogP contribution < -0.4 is 9.47 Å². The minimum Gasteiger partial charge on any atom is -0.454 e. The molecule has 1 saturated heterocycles. The molecular weight excluding hydrogens is 250 g/mol. The van der Waals surface area contributed by atoms with Crippen LogP contribution in [0.2, 0.25) is 0 Å². The molecule has 98 valence electrons. The number of benzene rings is 1. The molecule has 3 rings (SSSR count). The zero-order valence-corrected chi connectivity index (χ0v) is 10.0. The number of amides is 3. The van der Waals surface area contributed by atoms with Crippen LogP contribution in [0.1, 0.15) is 29.6 Å². The van der Waals surface area contributed by atoms with E-state index in [-0.39, 0.29) is 25.2 Å². The Balaban J connectivity index is 1.91. The predicted molar refractivity (Wildman–Crippen MR) is 62.6 cm³/mol. The lowest BCUT2D eigenvalue weighted by molar-refractivity contribution is -0.144. The molecule has 0 spiro atoms. The van der Waals surface area contributed by atoms with Gasteiger partial charge in [-0.25, -0.2) is 4.90 Å². The third kappa shape index (κ3) is 1.95. The topological polar surface area (TPSA) is 72.9 Å². The van der Waals surface area contributed by atoms with Crippen molar-refractivity contribution in [3.63, 3.8) is 0 Å². The van der Waals surface area contributed by atoms with Crippen LogP contribution in [-0.4, -0.2) is 29.4 Å². The quantitative estimate of drug-likeness (QED) is 0.708. The molecular formula is C13H11NO5. The van der Waals surface area contributed by atoms with E-state index in [9.17, 15) is 14.4 Å². The number of nitrogens with zero attached hydrogens (tertiary/aromatic N) is 1. The molecule has 2 aliphatic rings. The van der Waals surface area contributed by atoms with E-state index in [1.165, 1.54) is 12.1 Å². The number of rotatable bonds is 1. The van der Waals surface area contributed by atoms with E-state index in [1.54, 1.807) is 6.07 Å². The fraction of sp³-hybridized carbons (Fsp3) is 0.308. The predicted octanol–water partition coefficient (Wildman–Crippen LogP) is 1.09. The average molecular weight is 261 g/mol. The molecule has 3 amide bonds. The fourth-order valence-electron chi connectivity index (χ4n) is 2.14. The second kappa shape index (κ2) is 4.38. The largest absolute Gasteiger partial charge is 0.454 e. The van der Waals surface area contributed by atoms with Crippen molar-refractivity contribution in [3.05, 3.63) is 23.8 Å². The summed E-state index contributed by atoms with van der Waals surface area (Å²) in [6, 6.07) is 4.60. The zero-order chi connectivity index (χ0) is 13.4. The number of imide groups is 3. The Labute approximate surface area is 108 Å². The van der Waals surface area contributed by atoms with Gasteiger partial charge in [0.15, 0.2) is 11.5 Å². The van der Waals surface area contributed by atoms with Gasteiger partial charge in [0.25, 0.3) is 5.91 Å². The highest BCUT2D eigenvalue weighted by atomic mass is 16.7. The van der Waals surface area contributed by atoms with Crippen LogP contribution in [0.5, 0.6) is 11.5 Å². The number of likely N-dealkylation sites (tertiary alicyclic amines) is 1. The zero-order valence-electron chi connectivity index (χ0n) is 10.0. The second-order valence-electron chi connectivity index (χ2n) is 4.35. The van der Waals surface area contributed by atoms with Crippen molar-refractivity contribution in [2.45, 2.75) is 19.3 Å². The van der Waals surface area contributed by atoms with Crippen LogP contribution >= 0.6 is 0 Å². The summed E-state index contributed by atoms with van der Waals surface area (Å²) in [6.07, 6.45) is 0.951. The van der Waals surface area contributed by atoms with Gasteiger partial charge in [-0.1, -0.05) is 0 Å². The Morgan fingerprint density at radius 2 is 1.74 bits per heavy atom. The molecule has 6 heteroatoms. The molecule has 0 unspecified atom stereocenters. The van der Waals surface area contributed by atoms with Gasteiger partial charge in [0.05, 0.1) is 0 Å². The highest BCUT2D eigenvalue weighted by Gasteiger charge is 2.32. The van der Waals surface area contributed by atoms with Crippen molar-refractivity contribution in [2.75, 3.05) is 6.79 Å². The molecule has 0 atom stereocenters. The van der Waals surface area contributed by atoms with Gasteiger partial charge in [-0.05, 0) is 24.6 Å². The molecule has 2 aliphatic heterocycles. The minimum atomic E-state index is -0.604. The Kier molecular flexibility index (Phi) is 2.70. The van der Waals surface area contributed by atoms with Crippen LogP contribution in [0.3, 0.4) is 0 Å². The first-order valence-electron chi connectivity index (χ1n) is 5.96. The summed E-state index contributed by atoms with van der Waals surface area (Å²) in [6.45, 7) is 0.106. The molecule has 1 fully saturated rings. The number of piperidine rings is 1. The summed E-state index contributed by atoms with van der Waals surface area (Å²) in [5.74, 6) is -0.499. The summed E-state index contributed by atoms with van der Waals surface area (Å²) >= 11 is 0. The standard InChI is InChI=1S/C13H11NO5/c15-11-2-1-3-12(16)14(11)13(17)8-4-5-9-10(6-8)19-7-18-9/h4-6H,1-3,7H2. The second-order valence-corrected chi connectivity index (χ2v) is 4.35. The Bertz CT molecular complexity index is 564. The average Bonchev–Trinajstić information content (AvgIpc) is 2.85. The summed E-state index contributed by atoms with van der Waals surface area (Å²) in [7, 11) is 0.